The van der Waals surface area contributed by atoms with Gasteiger partial charge in [0, 0.05) is 21.0 Å². The van der Waals surface area contributed by atoms with Crippen molar-refractivity contribution in [1.82, 2.24) is 0 Å². The zero-order valence-corrected chi connectivity index (χ0v) is 12.4. The number of carboxylic acid groups (broad SMARTS) is 1. The van der Waals surface area contributed by atoms with Gasteiger partial charge in [-0.25, -0.2) is 4.79 Å². The molecule has 3 aliphatic rings. The predicted octanol–water partition coefficient (Wildman–Crippen LogP) is 4.09. The number of carboxylic acids is 1. The highest BCUT2D eigenvalue weighted by Gasteiger charge is 2.49. The first-order valence-corrected chi connectivity index (χ1v) is 7.21. The SMILES string of the molecule is BrC1=C(Br)C2C3C=CC(C3)C2C1.C=CC(=O)O. The zero-order chi connectivity index (χ0) is 12.6. The van der Waals surface area contributed by atoms with Crippen LogP contribution in [0.2, 0.25) is 0 Å². The van der Waals surface area contributed by atoms with Crippen molar-refractivity contribution in [2.75, 3.05) is 0 Å². The van der Waals surface area contributed by atoms with Crippen molar-refractivity contribution in [1.29, 1.82) is 0 Å². The summed E-state index contributed by atoms with van der Waals surface area (Å²) in [6.07, 6.45) is 8.35. The van der Waals surface area contributed by atoms with Crippen LogP contribution in [-0.2, 0) is 4.79 Å². The van der Waals surface area contributed by atoms with Gasteiger partial charge in [-0.1, -0.05) is 50.6 Å². The molecule has 0 saturated heterocycles. The third kappa shape index (κ3) is 2.43. The van der Waals surface area contributed by atoms with Crippen LogP contribution in [0.15, 0.2) is 33.8 Å². The molecule has 0 aromatic rings. The van der Waals surface area contributed by atoms with E-state index in [2.05, 4.69) is 50.6 Å². The summed E-state index contributed by atoms with van der Waals surface area (Å²) in [7, 11) is 0. The fraction of sp³-hybridized carbons (Fsp3) is 0.462. The third-order valence-corrected chi connectivity index (χ3v) is 6.05. The number of halogens is 2. The summed E-state index contributed by atoms with van der Waals surface area (Å²) in [5.74, 6) is 2.45. The molecule has 4 heteroatoms. The smallest absolute Gasteiger partial charge is 0.327 e. The van der Waals surface area contributed by atoms with E-state index >= 15 is 0 Å². The molecular weight excluding hydrogens is 348 g/mol. The molecule has 0 radical (unpaired) electrons. The first-order chi connectivity index (χ1) is 8.04. The minimum Gasteiger partial charge on any atom is -0.478 e. The molecular formula is C13H14Br2O2. The maximum absolute atomic E-state index is 9.25. The molecule has 1 N–H and O–H groups in total. The van der Waals surface area contributed by atoms with Gasteiger partial charge in [-0.15, -0.1) is 0 Å². The Morgan fingerprint density at radius 1 is 1.41 bits per heavy atom. The van der Waals surface area contributed by atoms with Gasteiger partial charge in [-0.05, 0) is 30.6 Å². The lowest BCUT2D eigenvalue weighted by molar-refractivity contribution is -0.131. The molecule has 2 nitrogen and oxygen atoms in total. The minimum absolute atomic E-state index is 0.814. The minimum atomic E-state index is -0.981. The molecule has 0 amide bonds. The number of hydrogen-bond donors (Lipinski definition) is 1. The topological polar surface area (TPSA) is 37.3 Å². The van der Waals surface area contributed by atoms with Crippen molar-refractivity contribution in [3.05, 3.63) is 33.8 Å². The van der Waals surface area contributed by atoms with Gasteiger partial charge in [0.25, 0.3) is 0 Å². The fourth-order valence-electron chi connectivity index (χ4n) is 3.06. The number of hydrogen-bond acceptors (Lipinski definition) is 1. The number of aliphatic carboxylic acids is 1. The van der Waals surface area contributed by atoms with Gasteiger partial charge in [0.2, 0.25) is 0 Å². The summed E-state index contributed by atoms with van der Waals surface area (Å²) in [5, 5.41) is 7.60. The first kappa shape index (κ1) is 13.1. The van der Waals surface area contributed by atoms with Gasteiger partial charge < -0.3 is 5.11 Å². The number of rotatable bonds is 1. The van der Waals surface area contributed by atoms with Crippen molar-refractivity contribution in [3.63, 3.8) is 0 Å². The van der Waals surface area contributed by atoms with Gasteiger partial charge in [-0.3, -0.25) is 0 Å². The second-order valence-corrected chi connectivity index (χ2v) is 6.45. The lowest BCUT2D eigenvalue weighted by atomic mass is 9.86. The van der Waals surface area contributed by atoms with Crippen molar-refractivity contribution in [3.8, 4) is 0 Å². The second kappa shape index (κ2) is 5.11. The van der Waals surface area contributed by atoms with Gasteiger partial charge in [-0.2, -0.15) is 0 Å². The maximum Gasteiger partial charge on any atom is 0.327 e. The maximum atomic E-state index is 9.25. The largest absolute Gasteiger partial charge is 0.478 e. The van der Waals surface area contributed by atoms with Gasteiger partial charge in [0.1, 0.15) is 0 Å². The molecule has 0 aliphatic heterocycles. The molecule has 1 fully saturated rings. The van der Waals surface area contributed by atoms with Crippen LogP contribution < -0.4 is 0 Å². The number of fused-ring (bicyclic) bond motifs is 5. The highest BCUT2D eigenvalue weighted by atomic mass is 79.9. The number of allylic oxidation sites excluding steroid dienone is 4. The number of carbonyl (C=O) groups is 1. The standard InChI is InChI=1S/C10H10Br2.C3H4O2/c11-8-4-7-5-1-2-6(3-5)9(7)10(8)12;1-2-3(4)5/h1-2,5-7,9H,3-4H2;2H,1H2,(H,4,5). The predicted molar refractivity (Wildman–Crippen MR) is 75.0 cm³/mol. The lowest BCUT2D eigenvalue weighted by Crippen LogP contribution is -2.14. The van der Waals surface area contributed by atoms with Crippen LogP contribution >= 0.6 is 31.9 Å². The van der Waals surface area contributed by atoms with Crippen LogP contribution in [0.25, 0.3) is 0 Å². The Morgan fingerprint density at radius 2 is 2.00 bits per heavy atom. The van der Waals surface area contributed by atoms with Crippen LogP contribution in [0, 0.1) is 23.7 Å². The van der Waals surface area contributed by atoms with Crippen molar-refractivity contribution < 1.29 is 9.90 Å². The summed E-state index contributed by atoms with van der Waals surface area (Å²) in [4.78, 5) is 9.25. The molecule has 4 unspecified atom stereocenters. The van der Waals surface area contributed by atoms with Crippen molar-refractivity contribution in [2.24, 2.45) is 23.7 Å². The Labute approximate surface area is 118 Å². The van der Waals surface area contributed by atoms with Crippen molar-refractivity contribution in [2.45, 2.75) is 12.8 Å². The zero-order valence-electron chi connectivity index (χ0n) is 9.27. The Hall–Kier alpha value is -0.350. The van der Waals surface area contributed by atoms with E-state index in [9.17, 15) is 4.79 Å². The summed E-state index contributed by atoms with van der Waals surface area (Å²) in [5.41, 5.74) is 0. The summed E-state index contributed by atoms with van der Waals surface area (Å²) in [6, 6.07) is 0. The van der Waals surface area contributed by atoms with Crippen LogP contribution in [0.3, 0.4) is 0 Å². The van der Waals surface area contributed by atoms with E-state index in [1.54, 1.807) is 0 Å². The third-order valence-electron chi connectivity index (χ3n) is 3.76. The molecule has 4 atom stereocenters. The molecule has 2 bridgehead atoms. The van der Waals surface area contributed by atoms with E-state index in [4.69, 9.17) is 5.11 Å². The summed E-state index contributed by atoms with van der Waals surface area (Å²) >= 11 is 7.36. The Bertz CT molecular complexity index is 412. The quantitative estimate of drug-likeness (QED) is 0.564. The van der Waals surface area contributed by atoms with Gasteiger partial charge >= 0.3 is 5.97 Å². The van der Waals surface area contributed by atoms with Crippen LogP contribution in [0.4, 0.5) is 0 Å². The average molecular weight is 362 g/mol. The molecule has 92 valence electrons. The first-order valence-electron chi connectivity index (χ1n) is 5.62. The van der Waals surface area contributed by atoms with E-state index in [1.807, 2.05) is 0 Å². The molecule has 0 aromatic carbocycles. The fourth-order valence-corrected chi connectivity index (χ4v) is 4.54. The normalized spacial score (nSPS) is 36.6. The molecule has 3 aliphatic carbocycles. The molecule has 3 rings (SSSR count). The van der Waals surface area contributed by atoms with E-state index in [0.717, 1.165) is 29.7 Å². The van der Waals surface area contributed by atoms with Crippen LogP contribution in [0.1, 0.15) is 12.8 Å². The van der Waals surface area contributed by atoms with Crippen LogP contribution in [0.5, 0.6) is 0 Å². The molecule has 0 spiro atoms. The monoisotopic (exact) mass is 360 g/mol. The molecule has 17 heavy (non-hydrogen) atoms. The Balaban J connectivity index is 0.000000188. The van der Waals surface area contributed by atoms with Gasteiger partial charge in [0.05, 0.1) is 0 Å². The van der Waals surface area contributed by atoms with E-state index < -0.39 is 5.97 Å². The van der Waals surface area contributed by atoms with Crippen molar-refractivity contribution >= 4 is 37.8 Å². The highest BCUT2D eigenvalue weighted by molar-refractivity contribution is 9.14. The molecule has 0 aromatic heterocycles. The van der Waals surface area contributed by atoms with E-state index in [0.29, 0.717) is 0 Å². The van der Waals surface area contributed by atoms with E-state index in [-0.39, 0.29) is 0 Å². The summed E-state index contributed by atoms with van der Waals surface area (Å²) < 4.78 is 2.86. The Morgan fingerprint density at radius 3 is 2.53 bits per heavy atom. The molecule has 0 heterocycles. The van der Waals surface area contributed by atoms with Gasteiger partial charge in [0.15, 0.2) is 0 Å². The average Bonchev–Trinajstić information content (AvgIpc) is 2.95. The highest BCUT2D eigenvalue weighted by Crippen LogP contribution is 2.59. The lowest BCUT2D eigenvalue weighted by Gasteiger charge is -2.20. The second-order valence-electron chi connectivity index (χ2n) is 4.64. The summed E-state index contributed by atoms with van der Waals surface area (Å²) in [6.45, 7) is 2.96. The van der Waals surface area contributed by atoms with Crippen LogP contribution in [-0.4, -0.2) is 11.1 Å². The molecule has 1 saturated carbocycles. The van der Waals surface area contributed by atoms with E-state index in [1.165, 1.54) is 21.8 Å². The Kier molecular flexibility index (Phi) is 3.93.